The molecule has 0 saturated heterocycles. The Labute approximate surface area is 111 Å². The lowest BCUT2D eigenvalue weighted by Gasteiger charge is -2.05. The molecule has 0 aliphatic heterocycles. The number of nitriles is 1. The number of aromatic nitrogens is 2. The van der Waals surface area contributed by atoms with E-state index in [0.29, 0.717) is 24.2 Å². The lowest BCUT2D eigenvalue weighted by Crippen LogP contribution is -2.14. The minimum Gasteiger partial charge on any atom is -0.308 e. The van der Waals surface area contributed by atoms with Crippen LogP contribution in [0.1, 0.15) is 22.4 Å². The van der Waals surface area contributed by atoms with Crippen molar-refractivity contribution in [1.82, 2.24) is 15.1 Å². The molecule has 0 aliphatic rings. The number of hydrogen-bond acceptors (Lipinski definition) is 3. The minimum absolute atomic E-state index is 0.337. The molecule has 19 heavy (non-hydrogen) atoms. The highest BCUT2D eigenvalue weighted by molar-refractivity contribution is 5.32. The summed E-state index contributed by atoms with van der Waals surface area (Å²) in [6.45, 7) is 3.00. The fourth-order valence-corrected chi connectivity index (χ4v) is 1.91. The highest BCUT2D eigenvalue weighted by atomic mass is 19.1. The Bertz CT molecular complexity index is 625. The largest absolute Gasteiger partial charge is 0.308 e. The van der Waals surface area contributed by atoms with Crippen molar-refractivity contribution in [2.75, 3.05) is 0 Å². The second kappa shape index (κ2) is 5.63. The van der Waals surface area contributed by atoms with Crippen molar-refractivity contribution in [3.63, 3.8) is 0 Å². The molecule has 1 aromatic heterocycles. The van der Waals surface area contributed by atoms with Gasteiger partial charge in [-0.3, -0.25) is 4.68 Å². The van der Waals surface area contributed by atoms with Gasteiger partial charge >= 0.3 is 0 Å². The molecule has 0 fully saturated rings. The molecular formula is C14H15FN4. The van der Waals surface area contributed by atoms with Gasteiger partial charge in [0.2, 0.25) is 0 Å². The monoisotopic (exact) mass is 258 g/mol. The molecule has 0 atom stereocenters. The molecule has 0 unspecified atom stereocenters. The summed E-state index contributed by atoms with van der Waals surface area (Å²) in [4.78, 5) is 0. The van der Waals surface area contributed by atoms with Crippen LogP contribution in [-0.2, 0) is 20.1 Å². The van der Waals surface area contributed by atoms with Gasteiger partial charge in [-0.1, -0.05) is 6.07 Å². The number of hydrogen-bond donors (Lipinski definition) is 1. The summed E-state index contributed by atoms with van der Waals surface area (Å²) in [5.74, 6) is -0.352. The first-order valence-electron chi connectivity index (χ1n) is 5.98. The molecule has 0 spiro atoms. The molecule has 0 amide bonds. The fraction of sp³-hybridized carbons (Fsp3) is 0.286. The van der Waals surface area contributed by atoms with E-state index in [9.17, 15) is 4.39 Å². The van der Waals surface area contributed by atoms with Crippen LogP contribution in [0.25, 0.3) is 0 Å². The molecule has 4 nitrogen and oxygen atoms in total. The van der Waals surface area contributed by atoms with Crippen LogP contribution in [0.15, 0.2) is 24.4 Å². The summed E-state index contributed by atoms with van der Waals surface area (Å²) in [7, 11) is 1.87. The predicted molar refractivity (Wildman–Crippen MR) is 69.6 cm³/mol. The Morgan fingerprint density at radius 2 is 2.11 bits per heavy atom. The summed E-state index contributed by atoms with van der Waals surface area (Å²) in [6, 6.07) is 6.43. The minimum atomic E-state index is -0.352. The summed E-state index contributed by atoms with van der Waals surface area (Å²) in [5, 5.41) is 16.1. The fourth-order valence-electron chi connectivity index (χ4n) is 1.91. The van der Waals surface area contributed by atoms with Crippen molar-refractivity contribution in [2.45, 2.75) is 20.0 Å². The number of nitrogens with one attached hydrogen (secondary N) is 1. The number of aryl methyl sites for hydroxylation is 2. The predicted octanol–water partition coefficient (Wildman–Crippen LogP) is 2.03. The van der Waals surface area contributed by atoms with E-state index in [1.807, 2.05) is 26.2 Å². The Balaban J connectivity index is 1.96. The van der Waals surface area contributed by atoms with Crippen molar-refractivity contribution in [3.05, 3.63) is 52.6 Å². The van der Waals surface area contributed by atoms with Gasteiger partial charge in [-0.05, 0) is 19.1 Å². The van der Waals surface area contributed by atoms with Gasteiger partial charge in [-0.25, -0.2) is 4.39 Å². The van der Waals surface area contributed by atoms with Crippen LogP contribution in [0, 0.1) is 24.1 Å². The van der Waals surface area contributed by atoms with Gasteiger partial charge in [0.05, 0.1) is 17.3 Å². The SMILES string of the molecule is Cc1nn(C)cc1CNCc1ccc(C#N)cc1F. The topological polar surface area (TPSA) is 53.6 Å². The molecule has 1 heterocycles. The van der Waals surface area contributed by atoms with Gasteiger partial charge in [-0.15, -0.1) is 0 Å². The molecule has 0 saturated carbocycles. The van der Waals surface area contributed by atoms with Gasteiger partial charge in [0.15, 0.2) is 0 Å². The molecule has 0 aliphatic carbocycles. The van der Waals surface area contributed by atoms with Gasteiger partial charge in [-0.2, -0.15) is 10.4 Å². The maximum absolute atomic E-state index is 13.6. The van der Waals surface area contributed by atoms with Crippen LogP contribution in [0.2, 0.25) is 0 Å². The number of nitrogens with zero attached hydrogens (tertiary/aromatic N) is 3. The van der Waals surface area contributed by atoms with E-state index in [0.717, 1.165) is 11.3 Å². The van der Waals surface area contributed by atoms with Crippen LogP contribution in [0.4, 0.5) is 4.39 Å². The van der Waals surface area contributed by atoms with Gasteiger partial charge in [0.25, 0.3) is 0 Å². The third-order valence-corrected chi connectivity index (χ3v) is 2.93. The van der Waals surface area contributed by atoms with Crippen LogP contribution in [0.5, 0.6) is 0 Å². The van der Waals surface area contributed by atoms with Crippen LogP contribution < -0.4 is 5.32 Å². The average Bonchev–Trinajstić information content (AvgIpc) is 2.70. The van der Waals surface area contributed by atoms with Crippen molar-refractivity contribution >= 4 is 0 Å². The van der Waals surface area contributed by atoms with Gasteiger partial charge < -0.3 is 5.32 Å². The zero-order valence-electron chi connectivity index (χ0n) is 10.9. The lowest BCUT2D eigenvalue weighted by molar-refractivity contribution is 0.587. The Kier molecular flexibility index (Phi) is 3.93. The lowest BCUT2D eigenvalue weighted by atomic mass is 10.1. The summed E-state index contributed by atoms with van der Waals surface area (Å²) in [6.07, 6.45) is 1.94. The third kappa shape index (κ3) is 3.18. The number of rotatable bonds is 4. The summed E-state index contributed by atoms with van der Waals surface area (Å²) in [5.41, 5.74) is 2.96. The third-order valence-electron chi connectivity index (χ3n) is 2.93. The second-order valence-electron chi connectivity index (χ2n) is 4.43. The van der Waals surface area contributed by atoms with E-state index >= 15 is 0 Å². The van der Waals surface area contributed by atoms with Crippen molar-refractivity contribution in [3.8, 4) is 6.07 Å². The number of halogens is 1. The molecule has 5 heteroatoms. The smallest absolute Gasteiger partial charge is 0.129 e. The van der Waals surface area contributed by atoms with E-state index in [4.69, 9.17) is 5.26 Å². The molecular weight excluding hydrogens is 243 g/mol. The Morgan fingerprint density at radius 1 is 1.37 bits per heavy atom. The van der Waals surface area contributed by atoms with Crippen LogP contribution >= 0.6 is 0 Å². The van der Waals surface area contributed by atoms with Crippen molar-refractivity contribution in [2.24, 2.45) is 7.05 Å². The zero-order chi connectivity index (χ0) is 13.8. The molecule has 1 N–H and O–H groups in total. The highest BCUT2D eigenvalue weighted by Gasteiger charge is 2.05. The van der Waals surface area contributed by atoms with Crippen molar-refractivity contribution < 1.29 is 4.39 Å². The van der Waals surface area contributed by atoms with E-state index in [-0.39, 0.29) is 5.82 Å². The van der Waals surface area contributed by atoms with E-state index in [1.54, 1.807) is 16.8 Å². The van der Waals surface area contributed by atoms with E-state index < -0.39 is 0 Å². The first-order chi connectivity index (χ1) is 9.10. The Hall–Kier alpha value is -2.19. The molecule has 0 bridgehead atoms. The molecule has 2 rings (SSSR count). The molecule has 98 valence electrons. The number of benzene rings is 1. The summed E-state index contributed by atoms with van der Waals surface area (Å²) >= 11 is 0. The normalized spacial score (nSPS) is 10.4. The van der Waals surface area contributed by atoms with E-state index in [1.165, 1.54) is 6.07 Å². The van der Waals surface area contributed by atoms with Gasteiger partial charge in [0.1, 0.15) is 5.82 Å². The standard InChI is InChI=1S/C14H15FN4/c1-10-13(9-19(2)18-10)8-17-7-12-4-3-11(6-16)5-14(12)15/h3-5,9,17H,7-8H2,1-2H3. The van der Waals surface area contributed by atoms with E-state index in [2.05, 4.69) is 10.4 Å². The zero-order valence-corrected chi connectivity index (χ0v) is 10.9. The quantitative estimate of drug-likeness (QED) is 0.913. The molecule has 0 radical (unpaired) electrons. The Morgan fingerprint density at radius 3 is 2.68 bits per heavy atom. The maximum Gasteiger partial charge on any atom is 0.129 e. The van der Waals surface area contributed by atoms with Gasteiger partial charge in [0, 0.05) is 37.5 Å². The highest BCUT2D eigenvalue weighted by Crippen LogP contribution is 2.10. The average molecular weight is 258 g/mol. The maximum atomic E-state index is 13.6. The van der Waals surface area contributed by atoms with Crippen LogP contribution in [0.3, 0.4) is 0 Å². The first kappa shape index (κ1) is 13.2. The molecule has 1 aromatic carbocycles. The summed E-state index contributed by atoms with van der Waals surface area (Å²) < 4.78 is 15.4. The second-order valence-corrected chi connectivity index (χ2v) is 4.43. The van der Waals surface area contributed by atoms with Crippen molar-refractivity contribution in [1.29, 1.82) is 5.26 Å². The molecule has 2 aromatic rings. The first-order valence-corrected chi connectivity index (χ1v) is 5.98. The van der Waals surface area contributed by atoms with Crippen LogP contribution in [-0.4, -0.2) is 9.78 Å².